The first-order chi connectivity index (χ1) is 6.75. The average Bonchev–Trinajstić information content (AvgIpc) is 2.56. The number of hydrogen-bond donors (Lipinski definition) is 1. The fourth-order valence-electron chi connectivity index (χ4n) is 2.05. The van der Waals surface area contributed by atoms with Crippen molar-refractivity contribution in [1.82, 2.24) is 4.98 Å². The highest BCUT2D eigenvalue weighted by Gasteiger charge is 2.21. The van der Waals surface area contributed by atoms with Crippen LogP contribution in [-0.4, -0.2) is 11.0 Å². The van der Waals surface area contributed by atoms with E-state index in [-0.39, 0.29) is 0 Å². The minimum Gasteiger partial charge on any atom is -0.381 e. The van der Waals surface area contributed by atoms with Crippen LogP contribution in [0.4, 0.5) is 5.69 Å². The zero-order valence-electron chi connectivity index (χ0n) is 8.33. The molecule has 0 saturated heterocycles. The Balaban J connectivity index is 2.01. The molecule has 0 bridgehead atoms. The molecular formula is C11H15BrN2. The maximum atomic E-state index is 4.05. The average molecular weight is 255 g/mol. The van der Waals surface area contributed by atoms with Crippen LogP contribution >= 0.6 is 15.9 Å². The Kier molecular flexibility index (Phi) is 3.06. The number of halogens is 1. The molecule has 2 rings (SSSR count). The molecule has 1 aromatic heterocycles. The summed E-state index contributed by atoms with van der Waals surface area (Å²) in [6.45, 7) is 2.32. The van der Waals surface area contributed by atoms with Crippen molar-refractivity contribution < 1.29 is 0 Å². The standard InChI is InChI=1S/C11H15BrN2/c1-8-2-3-9(6-8)14-11-4-5-13-7-10(11)12/h4-5,7-9H,2-3,6H2,1H3,(H,13,14). The van der Waals surface area contributed by atoms with Gasteiger partial charge in [0.15, 0.2) is 0 Å². The minimum atomic E-state index is 0.642. The zero-order valence-corrected chi connectivity index (χ0v) is 9.92. The summed E-state index contributed by atoms with van der Waals surface area (Å²) in [4.78, 5) is 4.05. The van der Waals surface area contributed by atoms with Gasteiger partial charge in [-0.2, -0.15) is 0 Å². The number of aromatic nitrogens is 1. The number of nitrogens with one attached hydrogen (secondary N) is 1. The van der Waals surface area contributed by atoms with Crippen molar-refractivity contribution in [3.8, 4) is 0 Å². The molecule has 2 nitrogen and oxygen atoms in total. The van der Waals surface area contributed by atoms with Crippen LogP contribution in [-0.2, 0) is 0 Å². The lowest BCUT2D eigenvalue weighted by molar-refractivity contribution is 0.602. The van der Waals surface area contributed by atoms with Crippen molar-refractivity contribution >= 4 is 21.6 Å². The van der Waals surface area contributed by atoms with E-state index < -0.39 is 0 Å². The van der Waals surface area contributed by atoms with Gasteiger partial charge in [0.1, 0.15) is 0 Å². The molecule has 76 valence electrons. The Morgan fingerprint density at radius 1 is 1.50 bits per heavy atom. The van der Waals surface area contributed by atoms with Gasteiger partial charge in [0.2, 0.25) is 0 Å². The highest BCUT2D eigenvalue weighted by molar-refractivity contribution is 9.10. The van der Waals surface area contributed by atoms with E-state index in [1.165, 1.54) is 24.9 Å². The van der Waals surface area contributed by atoms with E-state index in [1.807, 2.05) is 18.5 Å². The summed E-state index contributed by atoms with van der Waals surface area (Å²) in [5.41, 5.74) is 1.17. The lowest BCUT2D eigenvalue weighted by atomic mass is 10.1. The summed E-state index contributed by atoms with van der Waals surface area (Å²) in [7, 11) is 0. The lowest BCUT2D eigenvalue weighted by Gasteiger charge is -2.14. The van der Waals surface area contributed by atoms with E-state index >= 15 is 0 Å². The normalized spacial score (nSPS) is 26.4. The van der Waals surface area contributed by atoms with Gasteiger partial charge in [0, 0.05) is 18.4 Å². The number of anilines is 1. The topological polar surface area (TPSA) is 24.9 Å². The quantitative estimate of drug-likeness (QED) is 0.875. The van der Waals surface area contributed by atoms with Gasteiger partial charge in [-0.15, -0.1) is 0 Å². The highest BCUT2D eigenvalue weighted by Crippen LogP contribution is 2.29. The lowest BCUT2D eigenvalue weighted by Crippen LogP contribution is -2.15. The molecule has 0 spiro atoms. The molecule has 0 radical (unpaired) electrons. The summed E-state index contributed by atoms with van der Waals surface area (Å²) < 4.78 is 1.06. The van der Waals surface area contributed by atoms with Crippen LogP contribution in [0.3, 0.4) is 0 Å². The van der Waals surface area contributed by atoms with E-state index in [2.05, 4.69) is 33.2 Å². The second kappa shape index (κ2) is 4.30. The fourth-order valence-corrected chi connectivity index (χ4v) is 2.42. The Morgan fingerprint density at radius 2 is 2.36 bits per heavy atom. The van der Waals surface area contributed by atoms with Crippen molar-refractivity contribution in [2.45, 2.75) is 32.2 Å². The van der Waals surface area contributed by atoms with Crippen LogP contribution in [0.15, 0.2) is 22.9 Å². The van der Waals surface area contributed by atoms with E-state index in [0.29, 0.717) is 6.04 Å². The van der Waals surface area contributed by atoms with Gasteiger partial charge in [0.05, 0.1) is 10.2 Å². The number of pyridine rings is 1. The number of nitrogens with zero attached hydrogens (tertiary/aromatic N) is 1. The van der Waals surface area contributed by atoms with Gasteiger partial charge >= 0.3 is 0 Å². The molecule has 0 aliphatic heterocycles. The highest BCUT2D eigenvalue weighted by atomic mass is 79.9. The van der Waals surface area contributed by atoms with Crippen molar-refractivity contribution in [1.29, 1.82) is 0 Å². The molecule has 14 heavy (non-hydrogen) atoms. The first kappa shape index (κ1) is 9.97. The third-order valence-electron chi connectivity index (χ3n) is 2.83. The molecule has 2 unspecified atom stereocenters. The third-order valence-corrected chi connectivity index (χ3v) is 3.46. The molecule has 0 amide bonds. The van der Waals surface area contributed by atoms with E-state index in [0.717, 1.165) is 10.4 Å². The molecular weight excluding hydrogens is 240 g/mol. The summed E-state index contributed by atoms with van der Waals surface area (Å²) in [6, 6.07) is 2.66. The van der Waals surface area contributed by atoms with Crippen molar-refractivity contribution in [2.75, 3.05) is 5.32 Å². The second-order valence-electron chi connectivity index (χ2n) is 4.12. The summed E-state index contributed by atoms with van der Waals surface area (Å²) in [5.74, 6) is 0.869. The van der Waals surface area contributed by atoms with E-state index in [1.54, 1.807) is 0 Å². The molecule has 3 heteroatoms. The van der Waals surface area contributed by atoms with Gasteiger partial charge in [-0.25, -0.2) is 0 Å². The SMILES string of the molecule is CC1CCC(Nc2ccncc2Br)C1. The molecule has 2 atom stereocenters. The molecule has 1 saturated carbocycles. The van der Waals surface area contributed by atoms with Gasteiger partial charge < -0.3 is 5.32 Å². The third kappa shape index (κ3) is 2.27. The van der Waals surface area contributed by atoms with Crippen LogP contribution in [0.25, 0.3) is 0 Å². The van der Waals surface area contributed by atoms with Crippen molar-refractivity contribution in [2.24, 2.45) is 5.92 Å². The zero-order chi connectivity index (χ0) is 9.97. The Bertz CT molecular complexity index is 314. The summed E-state index contributed by atoms with van der Waals surface area (Å²) in [5, 5.41) is 3.55. The molecule has 1 heterocycles. The monoisotopic (exact) mass is 254 g/mol. The van der Waals surface area contributed by atoms with Gasteiger partial charge in [-0.05, 0) is 47.2 Å². The van der Waals surface area contributed by atoms with Crippen LogP contribution in [0, 0.1) is 5.92 Å². The van der Waals surface area contributed by atoms with Crippen molar-refractivity contribution in [3.63, 3.8) is 0 Å². The molecule has 1 aliphatic rings. The first-order valence-electron chi connectivity index (χ1n) is 5.12. The predicted molar refractivity (Wildman–Crippen MR) is 62.4 cm³/mol. The Morgan fingerprint density at radius 3 is 3.00 bits per heavy atom. The maximum Gasteiger partial charge on any atom is 0.0590 e. The van der Waals surface area contributed by atoms with Crippen molar-refractivity contribution in [3.05, 3.63) is 22.9 Å². The fraction of sp³-hybridized carbons (Fsp3) is 0.545. The predicted octanol–water partition coefficient (Wildman–Crippen LogP) is 3.44. The van der Waals surface area contributed by atoms with Gasteiger partial charge in [0.25, 0.3) is 0 Å². The number of rotatable bonds is 2. The van der Waals surface area contributed by atoms with Crippen LogP contribution in [0.1, 0.15) is 26.2 Å². The minimum absolute atomic E-state index is 0.642. The molecule has 0 aromatic carbocycles. The van der Waals surface area contributed by atoms with Crippen LogP contribution in [0.2, 0.25) is 0 Å². The molecule has 1 fully saturated rings. The second-order valence-corrected chi connectivity index (χ2v) is 4.97. The molecule has 1 aliphatic carbocycles. The Labute approximate surface area is 93.3 Å². The maximum absolute atomic E-state index is 4.05. The van der Waals surface area contributed by atoms with E-state index in [4.69, 9.17) is 0 Å². The number of hydrogen-bond acceptors (Lipinski definition) is 2. The smallest absolute Gasteiger partial charge is 0.0590 e. The largest absolute Gasteiger partial charge is 0.381 e. The first-order valence-corrected chi connectivity index (χ1v) is 5.91. The summed E-state index contributed by atoms with van der Waals surface area (Å²) in [6.07, 6.45) is 7.58. The summed E-state index contributed by atoms with van der Waals surface area (Å²) >= 11 is 3.49. The van der Waals surface area contributed by atoms with E-state index in [9.17, 15) is 0 Å². The molecule has 1 aromatic rings. The van der Waals surface area contributed by atoms with Crippen LogP contribution < -0.4 is 5.32 Å². The van der Waals surface area contributed by atoms with Crippen LogP contribution in [0.5, 0.6) is 0 Å². The Hall–Kier alpha value is -0.570. The molecule has 1 N–H and O–H groups in total. The van der Waals surface area contributed by atoms with Gasteiger partial charge in [-0.3, -0.25) is 4.98 Å². The van der Waals surface area contributed by atoms with Gasteiger partial charge in [-0.1, -0.05) is 6.92 Å².